The fourth-order valence-electron chi connectivity index (χ4n) is 4.96. The topological polar surface area (TPSA) is 84.4 Å². The van der Waals surface area contributed by atoms with Crippen LogP contribution in [0.15, 0.2) is 30.5 Å². The maximum Gasteiger partial charge on any atom is 0.305 e. The smallest absolute Gasteiger partial charge is 0.305 e. The number of pyridine rings is 1. The van der Waals surface area contributed by atoms with E-state index in [4.69, 9.17) is 25.8 Å². The lowest BCUT2D eigenvalue weighted by molar-refractivity contribution is -0.137. The zero-order chi connectivity index (χ0) is 25.1. The molecule has 0 aliphatic carbocycles. The van der Waals surface area contributed by atoms with Crippen molar-refractivity contribution in [2.45, 2.75) is 44.4 Å². The molecule has 1 aromatic heterocycles. The maximum atomic E-state index is 15.1. The number of benzene rings is 1. The third-order valence-corrected chi connectivity index (χ3v) is 7.12. The van der Waals surface area contributed by atoms with Crippen LogP contribution in [0.2, 0.25) is 5.02 Å². The number of carboxylic acids is 1. The quantitative estimate of drug-likeness (QED) is 0.568. The summed E-state index contributed by atoms with van der Waals surface area (Å²) in [6.45, 7) is 3.98. The van der Waals surface area contributed by atoms with E-state index in [1.54, 1.807) is 32.5 Å². The van der Waals surface area contributed by atoms with Gasteiger partial charge < -0.3 is 29.1 Å². The van der Waals surface area contributed by atoms with Gasteiger partial charge in [0.25, 0.3) is 0 Å². The molecule has 0 radical (unpaired) electrons. The number of rotatable bonds is 8. The van der Waals surface area contributed by atoms with Gasteiger partial charge in [-0.25, -0.2) is 9.37 Å². The highest BCUT2D eigenvalue weighted by molar-refractivity contribution is 6.33. The van der Waals surface area contributed by atoms with Crippen molar-refractivity contribution in [2.24, 2.45) is 5.92 Å². The summed E-state index contributed by atoms with van der Waals surface area (Å²) in [5, 5.41) is 9.81. The van der Waals surface area contributed by atoms with Crippen molar-refractivity contribution >= 4 is 28.9 Å². The highest BCUT2D eigenvalue weighted by atomic mass is 35.5. The molecule has 4 atom stereocenters. The number of halogens is 2. The van der Waals surface area contributed by atoms with Crippen LogP contribution in [0.1, 0.15) is 26.2 Å². The summed E-state index contributed by atoms with van der Waals surface area (Å²) in [4.78, 5) is 19.5. The second-order valence-corrected chi connectivity index (χ2v) is 9.57. The number of hydrogen-bond donors (Lipinski definition) is 1. The van der Waals surface area contributed by atoms with Crippen LogP contribution >= 0.6 is 11.6 Å². The predicted octanol–water partition coefficient (Wildman–Crippen LogP) is 4.24. The third kappa shape index (κ3) is 5.73. The molecule has 0 spiro atoms. The molecule has 3 heterocycles. The van der Waals surface area contributed by atoms with E-state index in [0.29, 0.717) is 49.1 Å². The van der Waals surface area contributed by atoms with E-state index in [-0.39, 0.29) is 36.3 Å². The summed E-state index contributed by atoms with van der Waals surface area (Å²) >= 11 is 6.36. The van der Waals surface area contributed by atoms with E-state index in [9.17, 15) is 9.90 Å². The van der Waals surface area contributed by atoms with Gasteiger partial charge in [0.15, 0.2) is 11.6 Å². The zero-order valence-corrected chi connectivity index (χ0v) is 20.9. The number of aromatic nitrogens is 1. The lowest BCUT2D eigenvalue weighted by atomic mass is 9.96. The molecule has 2 aromatic rings. The fourth-order valence-corrected chi connectivity index (χ4v) is 5.19. The van der Waals surface area contributed by atoms with Crippen LogP contribution in [0.25, 0.3) is 0 Å². The molecule has 2 fully saturated rings. The largest absolute Gasteiger partial charge is 0.487 e. The summed E-state index contributed by atoms with van der Waals surface area (Å²) in [6.07, 6.45) is 2.61. The molecule has 1 N–H and O–H groups in total. The molecule has 8 nitrogen and oxygen atoms in total. The van der Waals surface area contributed by atoms with Gasteiger partial charge in [-0.3, -0.25) is 4.79 Å². The highest BCUT2D eigenvalue weighted by Gasteiger charge is 2.34. The SMILES string of the molecule is COc1cc(N2CCC(Oc3ccc(N4C[C@H](OC)C[C@@H]4CC(=O)O)cc3F)C(C)C2)c(Cl)cn1. The van der Waals surface area contributed by atoms with Gasteiger partial charge in [-0.15, -0.1) is 0 Å². The van der Waals surface area contributed by atoms with Crippen LogP contribution in [-0.2, 0) is 9.53 Å². The number of nitrogens with zero attached hydrogens (tertiary/aromatic N) is 3. The fraction of sp³-hybridized carbons (Fsp3) is 0.520. The molecule has 2 aliphatic rings. The van der Waals surface area contributed by atoms with E-state index >= 15 is 4.39 Å². The van der Waals surface area contributed by atoms with E-state index in [1.165, 1.54) is 6.07 Å². The van der Waals surface area contributed by atoms with Gasteiger partial charge in [-0.2, -0.15) is 0 Å². The Kier molecular flexibility index (Phi) is 7.86. The second kappa shape index (κ2) is 10.9. The number of anilines is 2. The van der Waals surface area contributed by atoms with Crippen molar-refractivity contribution in [3.8, 4) is 11.6 Å². The minimum absolute atomic E-state index is 0.0246. The molecule has 4 rings (SSSR count). The Hall–Kier alpha value is -2.78. The van der Waals surface area contributed by atoms with Gasteiger partial charge in [0.1, 0.15) is 6.10 Å². The van der Waals surface area contributed by atoms with E-state index in [2.05, 4.69) is 16.8 Å². The Morgan fingerprint density at radius 3 is 2.74 bits per heavy atom. The van der Waals surface area contributed by atoms with Gasteiger partial charge in [0, 0.05) is 62.9 Å². The predicted molar refractivity (Wildman–Crippen MR) is 131 cm³/mol. The second-order valence-electron chi connectivity index (χ2n) is 9.16. The van der Waals surface area contributed by atoms with Gasteiger partial charge in [-0.1, -0.05) is 18.5 Å². The Morgan fingerprint density at radius 2 is 2.09 bits per heavy atom. The van der Waals surface area contributed by atoms with Crippen molar-refractivity contribution in [3.63, 3.8) is 0 Å². The molecule has 0 amide bonds. The van der Waals surface area contributed by atoms with Gasteiger partial charge in [-0.05, 0) is 18.6 Å². The monoisotopic (exact) mass is 507 g/mol. The number of carbonyl (C=O) groups is 1. The standard InChI is InChI=1S/C25H31ClFN3O5/c1-15-13-29(21-11-24(34-3)28-12-19(21)26)7-6-22(15)35-23-5-4-16(9-20(23)27)30-14-18(33-2)8-17(30)10-25(31)32/h4-5,9,11-12,15,17-18,22H,6-8,10,13-14H2,1-3H3,(H,31,32)/t15?,17-,18-,22?/m1/s1. The lowest BCUT2D eigenvalue weighted by Gasteiger charge is -2.38. The van der Waals surface area contributed by atoms with E-state index in [0.717, 1.165) is 5.69 Å². The first-order valence-corrected chi connectivity index (χ1v) is 12.1. The number of ether oxygens (including phenoxy) is 3. The molecule has 35 heavy (non-hydrogen) atoms. The molecular formula is C25H31ClFN3O5. The Bertz CT molecular complexity index is 1060. The first-order chi connectivity index (χ1) is 16.8. The number of hydrogen-bond acceptors (Lipinski definition) is 7. The van der Waals surface area contributed by atoms with Crippen molar-refractivity contribution in [1.82, 2.24) is 4.98 Å². The van der Waals surface area contributed by atoms with Crippen LogP contribution in [0, 0.1) is 11.7 Å². The van der Waals surface area contributed by atoms with Crippen LogP contribution in [0.4, 0.5) is 15.8 Å². The Balaban J connectivity index is 1.43. The van der Waals surface area contributed by atoms with Gasteiger partial charge in [0.2, 0.25) is 5.88 Å². The normalized spacial score (nSPS) is 24.5. The first-order valence-electron chi connectivity index (χ1n) is 11.7. The molecule has 2 aliphatic heterocycles. The Morgan fingerprint density at radius 1 is 1.29 bits per heavy atom. The van der Waals surface area contributed by atoms with Crippen LogP contribution in [-0.4, -0.2) is 68.2 Å². The van der Waals surface area contributed by atoms with Crippen LogP contribution in [0.3, 0.4) is 0 Å². The summed E-state index contributed by atoms with van der Waals surface area (Å²) in [5.74, 6) is -0.532. The molecular weight excluding hydrogens is 477 g/mol. The van der Waals surface area contributed by atoms with Crippen molar-refractivity contribution in [2.75, 3.05) is 43.7 Å². The molecule has 0 saturated carbocycles. The third-order valence-electron chi connectivity index (χ3n) is 6.83. The number of methoxy groups -OCH3 is 2. The first kappa shape index (κ1) is 25.3. The summed E-state index contributed by atoms with van der Waals surface area (Å²) in [5.41, 5.74) is 1.49. The minimum atomic E-state index is -0.885. The zero-order valence-electron chi connectivity index (χ0n) is 20.1. The highest BCUT2D eigenvalue weighted by Crippen LogP contribution is 2.35. The molecule has 10 heteroatoms. The van der Waals surface area contributed by atoms with Crippen LogP contribution in [0.5, 0.6) is 11.6 Å². The summed E-state index contributed by atoms with van der Waals surface area (Å²) in [6, 6.07) is 6.41. The van der Waals surface area contributed by atoms with Crippen LogP contribution < -0.4 is 19.3 Å². The molecule has 1 aromatic carbocycles. The Labute approximate surface area is 209 Å². The average Bonchev–Trinajstić information content (AvgIpc) is 3.24. The van der Waals surface area contributed by atoms with Gasteiger partial charge in [0.05, 0.1) is 36.5 Å². The van der Waals surface area contributed by atoms with E-state index in [1.807, 2.05) is 11.0 Å². The molecule has 190 valence electrons. The average molecular weight is 508 g/mol. The number of carboxylic acid groups (broad SMARTS) is 1. The van der Waals surface area contributed by atoms with Crippen molar-refractivity contribution < 1.29 is 28.5 Å². The maximum absolute atomic E-state index is 15.1. The summed E-state index contributed by atoms with van der Waals surface area (Å²) in [7, 11) is 3.17. The molecule has 2 saturated heterocycles. The molecule has 2 unspecified atom stereocenters. The number of aliphatic carboxylic acids is 1. The van der Waals surface area contributed by atoms with Gasteiger partial charge >= 0.3 is 5.97 Å². The van der Waals surface area contributed by atoms with Crippen molar-refractivity contribution in [3.05, 3.63) is 41.3 Å². The van der Waals surface area contributed by atoms with E-state index < -0.39 is 11.8 Å². The lowest BCUT2D eigenvalue weighted by Crippen LogP contribution is -2.44. The minimum Gasteiger partial charge on any atom is -0.487 e. The number of piperidine rings is 1. The summed E-state index contributed by atoms with van der Waals surface area (Å²) < 4.78 is 31.8. The van der Waals surface area contributed by atoms with Crippen molar-refractivity contribution in [1.29, 1.82) is 0 Å². The molecule has 0 bridgehead atoms.